The van der Waals surface area contributed by atoms with Gasteiger partial charge in [-0.05, 0) is 25.3 Å². The van der Waals surface area contributed by atoms with Gasteiger partial charge in [0.1, 0.15) is 0 Å². The molecular formula is C12H25NO3S. The van der Waals surface area contributed by atoms with Crippen molar-refractivity contribution in [3.8, 4) is 0 Å². The number of nitrogens with one attached hydrogen (secondary N) is 1. The van der Waals surface area contributed by atoms with Crippen LogP contribution in [0.4, 0.5) is 0 Å². The molecule has 2 unspecified atom stereocenters. The molecule has 1 heterocycles. The van der Waals surface area contributed by atoms with Gasteiger partial charge in [-0.1, -0.05) is 20.8 Å². The maximum Gasteiger partial charge on any atom is 0.154 e. The van der Waals surface area contributed by atoms with Gasteiger partial charge >= 0.3 is 0 Å². The Kier molecular flexibility index (Phi) is 4.98. The lowest BCUT2D eigenvalue weighted by molar-refractivity contribution is 0.127. The summed E-state index contributed by atoms with van der Waals surface area (Å²) in [5.74, 6) is 0.355. The minimum atomic E-state index is -3.05. The Balaban J connectivity index is 2.58. The molecule has 5 heteroatoms. The lowest BCUT2D eigenvalue weighted by atomic mass is 9.88. The SMILES string of the molecule is CNC(CS(=O)(=O)CC1CCCO1)C(C)(C)C. The number of sulfone groups is 1. The van der Waals surface area contributed by atoms with Gasteiger partial charge in [0.15, 0.2) is 9.84 Å². The first kappa shape index (κ1) is 14.9. The summed E-state index contributed by atoms with van der Waals surface area (Å²) in [4.78, 5) is 0. The van der Waals surface area contributed by atoms with Crippen LogP contribution in [0.1, 0.15) is 33.6 Å². The number of hydrogen-bond acceptors (Lipinski definition) is 4. The first-order valence-corrected chi connectivity index (χ1v) is 8.06. The Bertz CT molecular complexity index is 326. The van der Waals surface area contributed by atoms with Crippen LogP contribution in [-0.4, -0.2) is 45.7 Å². The third kappa shape index (κ3) is 4.94. The standard InChI is InChI=1S/C12H25NO3S/c1-12(2,3)11(13-4)9-17(14,15)8-10-6-5-7-16-10/h10-11,13H,5-9H2,1-4H3. The van der Waals surface area contributed by atoms with Crippen molar-refractivity contribution < 1.29 is 13.2 Å². The summed E-state index contributed by atoms with van der Waals surface area (Å²) < 4.78 is 29.6. The highest BCUT2D eigenvalue weighted by atomic mass is 32.2. The maximum atomic E-state index is 12.1. The van der Waals surface area contributed by atoms with Crippen LogP contribution < -0.4 is 5.32 Å². The zero-order chi connectivity index (χ0) is 13.1. The monoisotopic (exact) mass is 263 g/mol. The summed E-state index contributed by atoms with van der Waals surface area (Å²) in [6.45, 7) is 6.86. The maximum absolute atomic E-state index is 12.1. The Hall–Kier alpha value is -0.130. The van der Waals surface area contributed by atoms with Gasteiger partial charge in [-0.3, -0.25) is 0 Å². The topological polar surface area (TPSA) is 55.4 Å². The molecule has 1 rings (SSSR count). The highest BCUT2D eigenvalue weighted by Crippen LogP contribution is 2.22. The van der Waals surface area contributed by atoms with Crippen LogP contribution in [-0.2, 0) is 14.6 Å². The van der Waals surface area contributed by atoms with Crippen LogP contribution in [0.5, 0.6) is 0 Å². The number of hydrogen-bond donors (Lipinski definition) is 1. The van der Waals surface area contributed by atoms with Gasteiger partial charge in [-0.25, -0.2) is 8.42 Å². The van der Waals surface area contributed by atoms with Crippen molar-refractivity contribution in [3.05, 3.63) is 0 Å². The predicted molar refractivity (Wildman–Crippen MR) is 69.9 cm³/mol. The molecule has 1 aliphatic rings. The molecule has 0 spiro atoms. The average molecular weight is 263 g/mol. The molecule has 102 valence electrons. The normalized spacial score (nSPS) is 23.9. The molecule has 2 atom stereocenters. The van der Waals surface area contributed by atoms with E-state index in [9.17, 15) is 8.42 Å². The molecule has 4 nitrogen and oxygen atoms in total. The van der Waals surface area contributed by atoms with Crippen LogP contribution >= 0.6 is 0 Å². The van der Waals surface area contributed by atoms with Gasteiger partial charge in [-0.15, -0.1) is 0 Å². The van der Waals surface area contributed by atoms with E-state index >= 15 is 0 Å². The zero-order valence-corrected chi connectivity index (χ0v) is 12.1. The summed E-state index contributed by atoms with van der Waals surface area (Å²) in [7, 11) is -1.23. The van der Waals surface area contributed by atoms with Crippen molar-refractivity contribution in [1.29, 1.82) is 0 Å². The molecule has 1 saturated heterocycles. The first-order valence-electron chi connectivity index (χ1n) is 6.24. The molecule has 0 saturated carbocycles. The molecule has 1 fully saturated rings. The van der Waals surface area contributed by atoms with E-state index in [1.807, 2.05) is 7.05 Å². The quantitative estimate of drug-likeness (QED) is 0.810. The van der Waals surface area contributed by atoms with Gasteiger partial charge in [0.2, 0.25) is 0 Å². The third-order valence-corrected chi connectivity index (χ3v) is 5.00. The zero-order valence-electron chi connectivity index (χ0n) is 11.3. The molecule has 1 N–H and O–H groups in total. The highest BCUT2D eigenvalue weighted by Gasteiger charge is 2.30. The van der Waals surface area contributed by atoms with Gasteiger partial charge in [-0.2, -0.15) is 0 Å². The van der Waals surface area contributed by atoms with E-state index < -0.39 is 9.84 Å². The molecule has 0 amide bonds. The summed E-state index contributed by atoms with van der Waals surface area (Å²) >= 11 is 0. The van der Waals surface area contributed by atoms with Crippen LogP contribution in [0.25, 0.3) is 0 Å². The lowest BCUT2D eigenvalue weighted by Gasteiger charge is -2.30. The van der Waals surface area contributed by atoms with Crippen molar-refractivity contribution in [1.82, 2.24) is 5.32 Å². The molecule has 0 bridgehead atoms. The van der Waals surface area contributed by atoms with Crippen molar-refractivity contribution >= 4 is 9.84 Å². The molecule has 1 aliphatic heterocycles. The van der Waals surface area contributed by atoms with E-state index in [0.29, 0.717) is 6.61 Å². The number of ether oxygens (including phenoxy) is 1. The van der Waals surface area contributed by atoms with Crippen LogP contribution in [0, 0.1) is 5.41 Å². The van der Waals surface area contributed by atoms with Gasteiger partial charge in [0, 0.05) is 12.6 Å². The summed E-state index contributed by atoms with van der Waals surface area (Å²) in [5.41, 5.74) is -0.0572. The van der Waals surface area contributed by atoms with E-state index in [1.54, 1.807) is 0 Å². The molecule has 0 radical (unpaired) electrons. The molecule has 0 aromatic rings. The Morgan fingerprint density at radius 2 is 2.06 bits per heavy atom. The predicted octanol–water partition coefficient (Wildman–Crippen LogP) is 1.21. The van der Waals surface area contributed by atoms with Gasteiger partial charge in [0.05, 0.1) is 17.6 Å². The third-order valence-electron chi connectivity index (χ3n) is 3.28. The fourth-order valence-corrected chi connectivity index (χ4v) is 4.29. The van der Waals surface area contributed by atoms with Crippen molar-refractivity contribution in [2.45, 2.75) is 45.8 Å². The highest BCUT2D eigenvalue weighted by molar-refractivity contribution is 7.91. The summed E-state index contributed by atoms with van der Waals surface area (Å²) in [6.07, 6.45) is 1.77. The summed E-state index contributed by atoms with van der Waals surface area (Å²) in [6, 6.07) is -0.0195. The van der Waals surface area contributed by atoms with E-state index in [0.717, 1.165) is 12.8 Å². The summed E-state index contributed by atoms with van der Waals surface area (Å²) in [5, 5.41) is 3.10. The van der Waals surface area contributed by atoms with Gasteiger partial charge < -0.3 is 10.1 Å². The number of rotatable bonds is 5. The molecular weight excluding hydrogens is 238 g/mol. The Labute approximate surface area is 105 Å². The minimum absolute atomic E-state index is 0.0195. The smallest absolute Gasteiger partial charge is 0.154 e. The lowest BCUT2D eigenvalue weighted by Crippen LogP contribution is -2.44. The van der Waals surface area contributed by atoms with Crippen molar-refractivity contribution in [3.63, 3.8) is 0 Å². The second kappa shape index (κ2) is 5.67. The fraction of sp³-hybridized carbons (Fsp3) is 1.00. The first-order chi connectivity index (χ1) is 7.74. The van der Waals surface area contributed by atoms with E-state index in [-0.39, 0.29) is 29.1 Å². The van der Waals surface area contributed by atoms with E-state index in [2.05, 4.69) is 26.1 Å². The van der Waals surface area contributed by atoms with Gasteiger partial charge in [0.25, 0.3) is 0 Å². The van der Waals surface area contributed by atoms with Crippen LogP contribution in [0.3, 0.4) is 0 Å². The van der Waals surface area contributed by atoms with E-state index in [4.69, 9.17) is 4.74 Å². The fourth-order valence-electron chi connectivity index (χ4n) is 2.15. The van der Waals surface area contributed by atoms with E-state index in [1.165, 1.54) is 0 Å². The van der Waals surface area contributed by atoms with Crippen molar-refractivity contribution in [2.24, 2.45) is 5.41 Å². The molecule has 0 aliphatic carbocycles. The second-order valence-corrected chi connectivity index (χ2v) is 8.07. The molecule has 0 aromatic heterocycles. The second-order valence-electron chi connectivity index (χ2n) is 5.92. The van der Waals surface area contributed by atoms with Crippen LogP contribution in [0.2, 0.25) is 0 Å². The largest absolute Gasteiger partial charge is 0.377 e. The van der Waals surface area contributed by atoms with Crippen molar-refractivity contribution in [2.75, 3.05) is 25.2 Å². The Morgan fingerprint density at radius 3 is 2.47 bits per heavy atom. The minimum Gasteiger partial charge on any atom is -0.377 e. The molecule has 0 aromatic carbocycles. The Morgan fingerprint density at radius 1 is 1.41 bits per heavy atom. The molecule has 17 heavy (non-hydrogen) atoms. The average Bonchev–Trinajstić information content (AvgIpc) is 2.64. The van der Waals surface area contributed by atoms with Crippen LogP contribution in [0.15, 0.2) is 0 Å².